The number of amides is 1. The van der Waals surface area contributed by atoms with Crippen molar-refractivity contribution in [2.75, 3.05) is 44.2 Å². The van der Waals surface area contributed by atoms with Crippen LogP contribution < -0.4 is 10.2 Å². The minimum absolute atomic E-state index is 0.0382. The molecular formula is C16H20F3N7O. The Labute approximate surface area is 153 Å². The molecule has 2 aromatic rings. The van der Waals surface area contributed by atoms with Gasteiger partial charge in [0, 0.05) is 45.2 Å². The summed E-state index contributed by atoms with van der Waals surface area (Å²) in [5.74, 6) is -0.564. The summed E-state index contributed by atoms with van der Waals surface area (Å²) in [5, 5.41) is 14.0. The number of nitrogens with zero attached hydrogens (tertiary/aromatic N) is 6. The van der Waals surface area contributed by atoms with E-state index >= 15 is 0 Å². The van der Waals surface area contributed by atoms with Crippen LogP contribution in [0.25, 0.3) is 5.65 Å². The number of carbonyl (C=O) groups excluding carboxylic acids is 1. The van der Waals surface area contributed by atoms with Crippen molar-refractivity contribution in [3.8, 4) is 0 Å². The Morgan fingerprint density at radius 1 is 1.07 bits per heavy atom. The molecule has 4 heterocycles. The third-order valence-corrected chi connectivity index (χ3v) is 5.10. The molecule has 27 heavy (non-hydrogen) atoms. The molecule has 2 saturated heterocycles. The zero-order valence-electron chi connectivity index (χ0n) is 14.6. The normalized spacial score (nSPS) is 19.7. The highest BCUT2D eigenvalue weighted by Crippen LogP contribution is 2.29. The Balaban J connectivity index is 1.45. The molecule has 0 spiro atoms. The number of piperidine rings is 1. The molecule has 4 rings (SSSR count). The summed E-state index contributed by atoms with van der Waals surface area (Å²) in [5.41, 5.74) is 0.0508. The Bertz CT molecular complexity index is 823. The highest BCUT2D eigenvalue weighted by Gasteiger charge is 2.38. The summed E-state index contributed by atoms with van der Waals surface area (Å²) in [6.07, 6.45) is -3.29. The number of anilines is 1. The molecule has 2 fully saturated rings. The maximum Gasteiger partial charge on any atom is 0.453 e. The maximum absolute atomic E-state index is 13.0. The number of aromatic nitrogens is 4. The van der Waals surface area contributed by atoms with Crippen LogP contribution in [0.15, 0.2) is 12.1 Å². The van der Waals surface area contributed by atoms with E-state index in [1.807, 2.05) is 9.80 Å². The van der Waals surface area contributed by atoms with Gasteiger partial charge in [0.1, 0.15) is 5.82 Å². The van der Waals surface area contributed by atoms with E-state index in [9.17, 15) is 18.0 Å². The number of nitrogens with one attached hydrogen (secondary N) is 1. The SMILES string of the molecule is O=C(C1CCN(c2ccc3nnc(C(F)(F)F)n3n2)CC1)N1CCNCC1. The van der Waals surface area contributed by atoms with E-state index in [2.05, 4.69) is 20.6 Å². The summed E-state index contributed by atoms with van der Waals surface area (Å²) < 4.78 is 39.8. The third-order valence-electron chi connectivity index (χ3n) is 5.10. The van der Waals surface area contributed by atoms with Gasteiger partial charge in [-0.05, 0) is 25.0 Å². The van der Waals surface area contributed by atoms with Crippen molar-refractivity contribution in [2.24, 2.45) is 5.92 Å². The molecule has 1 amide bonds. The molecule has 0 saturated carbocycles. The van der Waals surface area contributed by atoms with Crippen molar-refractivity contribution >= 4 is 17.4 Å². The predicted octanol–water partition coefficient (Wildman–Crippen LogP) is 0.791. The Hall–Kier alpha value is -2.43. The van der Waals surface area contributed by atoms with Gasteiger partial charge in [-0.25, -0.2) is 0 Å². The van der Waals surface area contributed by atoms with Gasteiger partial charge >= 0.3 is 6.18 Å². The van der Waals surface area contributed by atoms with Crippen LogP contribution in [0, 0.1) is 5.92 Å². The van der Waals surface area contributed by atoms with E-state index in [0.717, 1.165) is 30.7 Å². The number of rotatable bonds is 2. The minimum Gasteiger partial charge on any atom is -0.355 e. The fourth-order valence-corrected chi connectivity index (χ4v) is 3.62. The summed E-state index contributed by atoms with van der Waals surface area (Å²) in [6.45, 7) is 4.23. The lowest BCUT2D eigenvalue weighted by Gasteiger charge is -2.36. The lowest BCUT2D eigenvalue weighted by molar-refractivity contribution is -0.146. The maximum atomic E-state index is 13.0. The first-order valence-corrected chi connectivity index (χ1v) is 8.97. The number of hydrogen-bond acceptors (Lipinski definition) is 6. The van der Waals surface area contributed by atoms with Crippen molar-refractivity contribution < 1.29 is 18.0 Å². The van der Waals surface area contributed by atoms with E-state index in [1.165, 1.54) is 6.07 Å². The molecule has 0 aliphatic carbocycles. The zero-order chi connectivity index (χ0) is 19.0. The van der Waals surface area contributed by atoms with Gasteiger partial charge in [0.25, 0.3) is 5.82 Å². The second kappa shape index (κ2) is 6.95. The van der Waals surface area contributed by atoms with Crippen molar-refractivity contribution in [1.82, 2.24) is 30.0 Å². The molecule has 2 aliphatic heterocycles. The molecule has 0 radical (unpaired) electrons. The van der Waals surface area contributed by atoms with Crippen molar-refractivity contribution in [3.63, 3.8) is 0 Å². The average Bonchev–Trinajstić information content (AvgIpc) is 3.12. The first-order chi connectivity index (χ1) is 12.9. The highest BCUT2D eigenvalue weighted by atomic mass is 19.4. The van der Waals surface area contributed by atoms with Gasteiger partial charge in [-0.2, -0.15) is 17.7 Å². The lowest BCUT2D eigenvalue weighted by Crippen LogP contribution is -2.50. The number of alkyl halides is 3. The fourth-order valence-electron chi connectivity index (χ4n) is 3.62. The Kier molecular flexibility index (Phi) is 4.62. The van der Waals surface area contributed by atoms with Gasteiger partial charge in [-0.1, -0.05) is 0 Å². The number of fused-ring (bicyclic) bond motifs is 1. The first kappa shape index (κ1) is 18.0. The zero-order valence-corrected chi connectivity index (χ0v) is 14.6. The van der Waals surface area contributed by atoms with E-state index in [0.29, 0.717) is 31.7 Å². The second-order valence-electron chi connectivity index (χ2n) is 6.82. The lowest BCUT2D eigenvalue weighted by atomic mass is 9.95. The topological polar surface area (TPSA) is 78.7 Å². The van der Waals surface area contributed by atoms with E-state index in [-0.39, 0.29) is 17.5 Å². The fraction of sp³-hybridized carbons (Fsp3) is 0.625. The monoisotopic (exact) mass is 383 g/mol. The number of piperazine rings is 1. The van der Waals surface area contributed by atoms with Crippen LogP contribution in [0.1, 0.15) is 18.7 Å². The molecule has 1 N–H and O–H groups in total. The molecule has 0 atom stereocenters. The molecule has 2 aromatic heterocycles. The number of carbonyl (C=O) groups is 1. The molecule has 0 aromatic carbocycles. The molecule has 0 unspecified atom stereocenters. The van der Waals surface area contributed by atoms with Crippen molar-refractivity contribution in [2.45, 2.75) is 19.0 Å². The Morgan fingerprint density at radius 3 is 2.44 bits per heavy atom. The molecule has 11 heteroatoms. The van der Waals surface area contributed by atoms with Crippen LogP contribution in [0.2, 0.25) is 0 Å². The second-order valence-corrected chi connectivity index (χ2v) is 6.82. The quantitative estimate of drug-likeness (QED) is 0.826. The minimum atomic E-state index is -4.62. The number of halogens is 3. The molecule has 2 aliphatic rings. The van der Waals surface area contributed by atoms with Gasteiger partial charge in [0.2, 0.25) is 5.91 Å². The summed E-state index contributed by atoms with van der Waals surface area (Å²) in [6, 6.07) is 3.12. The van der Waals surface area contributed by atoms with Gasteiger partial charge in [0.05, 0.1) is 0 Å². The van der Waals surface area contributed by atoms with Crippen LogP contribution >= 0.6 is 0 Å². The van der Waals surface area contributed by atoms with Crippen LogP contribution in [0.3, 0.4) is 0 Å². The van der Waals surface area contributed by atoms with Gasteiger partial charge in [-0.15, -0.1) is 15.3 Å². The van der Waals surface area contributed by atoms with Crippen LogP contribution in [-0.4, -0.2) is 69.9 Å². The van der Waals surface area contributed by atoms with E-state index in [1.54, 1.807) is 6.07 Å². The first-order valence-electron chi connectivity index (χ1n) is 8.97. The number of hydrogen-bond donors (Lipinski definition) is 1. The molecule has 0 bridgehead atoms. The van der Waals surface area contributed by atoms with Crippen LogP contribution in [0.5, 0.6) is 0 Å². The molecule has 146 valence electrons. The average molecular weight is 383 g/mol. The summed E-state index contributed by atoms with van der Waals surface area (Å²) in [7, 11) is 0. The summed E-state index contributed by atoms with van der Waals surface area (Å²) in [4.78, 5) is 16.4. The van der Waals surface area contributed by atoms with Gasteiger partial charge in [-0.3, -0.25) is 4.79 Å². The third kappa shape index (κ3) is 3.55. The van der Waals surface area contributed by atoms with Gasteiger partial charge < -0.3 is 15.1 Å². The van der Waals surface area contributed by atoms with Crippen LogP contribution in [0.4, 0.5) is 19.0 Å². The highest BCUT2D eigenvalue weighted by molar-refractivity contribution is 5.79. The largest absolute Gasteiger partial charge is 0.453 e. The molecular weight excluding hydrogens is 363 g/mol. The Morgan fingerprint density at radius 2 is 1.78 bits per heavy atom. The van der Waals surface area contributed by atoms with E-state index < -0.39 is 12.0 Å². The summed E-state index contributed by atoms with van der Waals surface area (Å²) >= 11 is 0. The van der Waals surface area contributed by atoms with Crippen LogP contribution in [-0.2, 0) is 11.0 Å². The van der Waals surface area contributed by atoms with Gasteiger partial charge in [0.15, 0.2) is 5.65 Å². The van der Waals surface area contributed by atoms with E-state index in [4.69, 9.17) is 0 Å². The van der Waals surface area contributed by atoms with Crippen molar-refractivity contribution in [3.05, 3.63) is 18.0 Å². The smallest absolute Gasteiger partial charge is 0.355 e. The molecule has 8 nitrogen and oxygen atoms in total. The van der Waals surface area contributed by atoms with Crippen molar-refractivity contribution in [1.29, 1.82) is 0 Å². The predicted molar refractivity (Wildman–Crippen MR) is 90.2 cm³/mol. The standard InChI is InChI=1S/C16H20F3N7O/c17-16(18,19)15-22-21-12-1-2-13(23-26(12)15)24-7-3-11(4-8-24)14(27)25-9-5-20-6-10-25/h1-2,11,20H,3-10H2.